The molecule has 0 aliphatic carbocycles. The van der Waals surface area contributed by atoms with Crippen LogP contribution in [-0.2, 0) is 9.47 Å². The van der Waals surface area contributed by atoms with Gasteiger partial charge < -0.3 is 34.8 Å². The van der Waals surface area contributed by atoms with E-state index in [1.165, 1.54) is 36.4 Å². The van der Waals surface area contributed by atoms with Gasteiger partial charge in [-0.3, -0.25) is 20.2 Å². The van der Waals surface area contributed by atoms with Gasteiger partial charge in [-0.2, -0.15) is 10.2 Å². The van der Waals surface area contributed by atoms with E-state index in [0.29, 0.717) is 49.1 Å². The van der Waals surface area contributed by atoms with E-state index in [-0.39, 0.29) is 47.7 Å². The van der Waals surface area contributed by atoms with Crippen molar-refractivity contribution in [2.45, 2.75) is 26.1 Å². The molecule has 0 aromatic heterocycles. The van der Waals surface area contributed by atoms with Crippen molar-refractivity contribution in [1.82, 2.24) is 5.32 Å². The maximum Gasteiger partial charge on any atom is 0.271 e. The van der Waals surface area contributed by atoms with E-state index in [0.717, 1.165) is 24.5 Å². The zero-order chi connectivity index (χ0) is 41.2. The number of aliphatic hydroxyl groups is 2. The van der Waals surface area contributed by atoms with Crippen molar-refractivity contribution < 1.29 is 29.5 Å². The van der Waals surface area contributed by atoms with E-state index in [1.807, 2.05) is 38.1 Å². The number of rotatable bonds is 24. The summed E-state index contributed by atoms with van der Waals surface area (Å²) >= 11 is 12.2. The molecular weight excluding hydrogens is 781 g/mol. The van der Waals surface area contributed by atoms with Gasteiger partial charge in [-0.05, 0) is 74.5 Å². The van der Waals surface area contributed by atoms with Gasteiger partial charge in [0.25, 0.3) is 11.4 Å². The zero-order valence-electron chi connectivity index (χ0n) is 31.5. The molecule has 0 fully saturated rings. The van der Waals surface area contributed by atoms with Gasteiger partial charge in [0, 0.05) is 74.9 Å². The van der Waals surface area contributed by atoms with Crippen LogP contribution in [0.4, 0.5) is 45.5 Å². The molecule has 19 heteroatoms. The molecule has 0 aliphatic rings. The smallest absolute Gasteiger partial charge is 0.271 e. The molecule has 0 bridgehead atoms. The Kier molecular flexibility index (Phi) is 18.1. The number of hydrogen-bond donors (Lipinski definition) is 3. The standard InChI is InChI=1S/C38H45Cl2N9O8/c1-3-46(29-9-5-27(6-10-29)42-44-37-15-13-31(48(52)53)21-35(37)39)17-19-56-25-33(50)23-41-24-34(51)26-57-20-18-47(4-2)30-11-7-28(8-12-30)43-45-38-16-14-32(49(54)55)22-36(38)40/h5-16,21-22,33-34,41,50-51H,3-4,17-20,23-26H2,1-2H3. The summed E-state index contributed by atoms with van der Waals surface area (Å²) < 4.78 is 11.4. The lowest BCUT2D eigenvalue weighted by atomic mass is 10.2. The molecule has 304 valence electrons. The van der Waals surface area contributed by atoms with Crippen LogP contribution in [0, 0.1) is 20.2 Å². The SMILES string of the molecule is CCN(CCOCC(O)CNCC(O)COCCN(CC)c1ccc(N=Nc2ccc([N+](=O)[O-])cc2Cl)cc1)c1ccc(N=Nc2ccc([N+](=O)[O-])cc2Cl)cc1. The highest BCUT2D eigenvalue weighted by Gasteiger charge is 2.13. The van der Waals surface area contributed by atoms with Crippen molar-refractivity contribution in [1.29, 1.82) is 0 Å². The first-order chi connectivity index (χ1) is 27.5. The third-order valence-electron chi connectivity index (χ3n) is 8.42. The predicted octanol–water partition coefficient (Wildman–Crippen LogP) is 8.34. The number of nitrogens with one attached hydrogen (secondary N) is 1. The van der Waals surface area contributed by atoms with Crippen LogP contribution < -0.4 is 15.1 Å². The van der Waals surface area contributed by atoms with E-state index in [9.17, 15) is 30.4 Å². The largest absolute Gasteiger partial charge is 0.389 e. The van der Waals surface area contributed by atoms with Gasteiger partial charge in [0.1, 0.15) is 11.4 Å². The molecule has 0 aliphatic heterocycles. The Hall–Kier alpha value is -5.14. The molecule has 0 amide bonds. The number of nitro groups is 2. The molecule has 2 atom stereocenters. The van der Waals surface area contributed by atoms with Gasteiger partial charge in [-0.1, -0.05) is 23.2 Å². The monoisotopic (exact) mass is 825 g/mol. The molecule has 0 spiro atoms. The summed E-state index contributed by atoms with van der Waals surface area (Å²) in [5.74, 6) is 0. The summed E-state index contributed by atoms with van der Waals surface area (Å²) in [6.45, 7) is 8.25. The highest BCUT2D eigenvalue weighted by atomic mass is 35.5. The number of nitrogens with zero attached hydrogens (tertiary/aromatic N) is 8. The number of nitro benzene ring substituents is 2. The highest BCUT2D eigenvalue weighted by Crippen LogP contribution is 2.32. The van der Waals surface area contributed by atoms with Gasteiger partial charge in [-0.25, -0.2) is 0 Å². The molecule has 3 N–H and O–H groups in total. The van der Waals surface area contributed by atoms with E-state index in [4.69, 9.17) is 32.7 Å². The lowest BCUT2D eigenvalue weighted by Crippen LogP contribution is -2.37. The number of non-ortho nitro benzene ring substituents is 2. The van der Waals surface area contributed by atoms with Crippen LogP contribution in [0.1, 0.15) is 13.8 Å². The molecule has 0 radical (unpaired) electrons. The minimum absolute atomic E-state index is 0.121. The number of hydrogen-bond acceptors (Lipinski definition) is 15. The predicted molar refractivity (Wildman–Crippen MR) is 220 cm³/mol. The third kappa shape index (κ3) is 14.7. The third-order valence-corrected chi connectivity index (χ3v) is 9.02. The normalized spacial score (nSPS) is 12.6. The summed E-state index contributed by atoms with van der Waals surface area (Å²) in [5.41, 5.74) is 3.50. The number of halogens is 2. The number of azo groups is 2. The molecule has 4 aromatic carbocycles. The maximum absolute atomic E-state index is 10.9. The summed E-state index contributed by atoms with van der Waals surface area (Å²) in [4.78, 5) is 25.0. The molecule has 57 heavy (non-hydrogen) atoms. The van der Waals surface area contributed by atoms with Crippen molar-refractivity contribution in [3.63, 3.8) is 0 Å². The molecule has 17 nitrogen and oxygen atoms in total. The fraction of sp³-hybridized carbons (Fsp3) is 0.368. The Balaban J connectivity index is 1.07. The number of ether oxygens (including phenoxy) is 2. The van der Waals surface area contributed by atoms with Gasteiger partial charge in [0.15, 0.2) is 0 Å². The van der Waals surface area contributed by atoms with E-state index >= 15 is 0 Å². The molecule has 0 saturated carbocycles. The quantitative estimate of drug-likeness (QED) is 0.0264. The van der Waals surface area contributed by atoms with Crippen LogP contribution in [0.3, 0.4) is 0 Å². The fourth-order valence-electron chi connectivity index (χ4n) is 5.33. The Morgan fingerprint density at radius 2 is 1.04 bits per heavy atom. The number of anilines is 2. The van der Waals surface area contributed by atoms with Crippen molar-refractivity contribution >= 4 is 68.7 Å². The van der Waals surface area contributed by atoms with Crippen LogP contribution in [0.15, 0.2) is 105 Å². The van der Waals surface area contributed by atoms with E-state index in [2.05, 4.69) is 35.6 Å². The fourth-order valence-corrected chi connectivity index (χ4v) is 5.75. The summed E-state index contributed by atoms with van der Waals surface area (Å²) in [5, 5.41) is 62.4. The second kappa shape index (κ2) is 23.2. The average Bonchev–Trinajstić information content (AvgIpc) is 3.20. The van der Waals surface area contributed by atoms with E-state index < -0.39 is 22.1 Å². The first-order valence-corrected chi connectivity index (χ1v) is 18.9. The molecule has 4 aromatic rings. The topological polar surface area (TPSA) is 213 Å². The first kappa shape index (κ1) is 44.6. The van der Waals surface area contributed by atoms with Crippen LogP contribution in [-0.4, -0.2) is 98.0 Å². The highest BCUT2D eigenvalue weighted by molar-refractivity contribution is 6.33. The average molecular weight is 827 g/mol. The Morgan fingerprint density at radius 1 is 0.649 bits per heavy atom. The summed E-state index contributed by atoms with van der Waals surface area (Å²) in [7, 11) is 0. The van der Waals surface area contributed by atoms with Crippen molar-refractivity contribution in [3.05, 3.63) is 115 Å². The number of benzene rings is 4. The number of aliphatic hydroxyl groups excluding tert-OH is 2. The van der Waals surface area contributed by atoms with Crippen LogP contribution in [0.2, 0.25) is 10.0 Å². The molecule has 4 rings (SSSR count). The Bertz CT molecular complexity index is 1820. The van der Waals surface area contributed by atoms with Gasteiger partial charge in [0.2, 0.25) is 0 Å². The Labute approximate surface area is 339 Å². The van der Waals surface area contributed by atoms with Crippen LogP contribution in [0.5, 0.6) is 0 Å². The lowest BCUT2D eigenvalue weighted by Gasteiger charge is -2.24. The van der Waals surface area contributed by atoms with Crippen LogP contribution >= 0.6 is 23.2 Å². The Morgan fingerprint density at radius 3 is 1.37 bits per heavy atom. The van der Waals surface area contributed by atoms with Crippen molar-refractivity contribution in [2.24, 2.45) is 20.5 Å². The van der Waals surface area contributed by atoms with E-state index in [1.54, 1.807) is 24.3 Å². The minimum Gasteiger partial charge on any atom is -0.389 e. The minimum atomic E-state index is -0.756. The van der Waals surface area contributed by atoms with Gasteiger partial charge in [-0.15, -0.1) is 10.2 Å². The molecule has 2 unspecified atom stereocenters. The molecule has 0 heterocycles. The lowest BCUT2D eigenvalue weighted by molar-refractivity contribution is -0.385. The van der Waals surface area contributed by atoms with Gasteiger partial charge >= 0.3 is 0 Å². The van der Waals surface area contributed by atoms with Crippen LogP contribution in [0.25, 0.3) is 0 Å². The second-order valence-electron chi connectivity index (χ2n) is 12.5. The molecule has 0 saturated heterocycles. The molecular formula is C38H45Cl2N9O8. The summed E-state index contributed by atoms with van der Waals surface area (Å²) in [6.07, 6.45) is -1.51. The number of likely N-dealkylation sites (N-methyl/N-ethyl adjacent to an activating group) is 2. The first-order valence-electron chi connectivity index (χ1n) is 18.1. The van der Waals surface area contributed by atoms with Gasteiger partial charge in [0.05, 0.1) is 69.9 Å². The van der Waals surface area contributed by atoms with Crippen molar-refractivity contribution in [2.75, 3.05) is 75.5 Å². The summed E-state index contributed by atoms with van der Waals surface area (Å²) in [6, 6.07) is 22.8. The zero-order valence-corrected chi connectivity index (χ0v) is 33.0. The maximum atomic E-state index is 10.9. The van der Waals surface area contributed by atoms with Crippen molar-refractivity contribution in [3.8, 4) is 0 Å². The second-order valence-corrected chi connectivity index (χ2v) is 13.3.